The van der Waals surface area contributed by atoms with Gasteiger partial charge in [-0.1, -0.05) is 113 Å². The number of hydrogen-bond acceptors (Lipinski definition) is 27. The third-order valence-electron chi connectivity index (χ3n) is 20.5. The summed E-state index contributed by atoms with van der Waals surface area (Å²) in [4.78, 5) is 35.9. The molecule has 6 N–H and O–H groups in total. The van der Waals surface area contributed by atoms with Gasteiger partial charge in [0.15, 0.2) is 62.1 Å². The molecule has 115 heavy (non-hydrogen) atoms. The number of aliphatic hydroxyl groups excluding tert-OH is 3. The fourth-order valence-electron chi connectivity index (χ4n) is 15.5. The van der Waals surface area contributed by atoms with Crippen LogP contribution in [0.15, 0.2) is 114 Å². The van der Waals surface area contributed by atoms with Crippen molar-refractivity contribution in [2.75, 3.05) is 39.2 Å². The van der Waals surface area contributed by atoms with Crippen LogP contribution in [0.5, 0.6) is 0 Å². The van der Waals surface area contributed by atoms with Crippen LogP contribution in [0, 0.1) is 30.3 Å². The number of methoxy groups -OCH3 is 2. The van der Waals surface area contributed by atoms with Crippen molar-refractivity contribution in [2.45, 2.75) is 302 Å². The zero-order chi connectivity index (χ0) is 84.0. The van der Waals surface area contributed by atoms with Crippen molar-refractivity contribution >= 4 is 86.9 Å². The Morgan fingerprint density at radius 1 is 0.530 bits per heavy atom. The van der Waals surface area contributed by atoms with Crippen LogP contribution in [0.25, 0.3) is 0 Å². The fourth-order valence-corrected chi connectivity index (χ4v) is 15.9. The molecule has 13 aliphatic rings. The maximum absolute atomic E-state index is 11.1. The predicted octanol–water partition coefficient (Wildman–Crippen LogP) is 10.9. The Hall–Kier alpha value is -3.65. The van der Waals surface area contributed by atoms with Gasteiger partial charge in [0.05, 0.1) is 57.5 Å². The molecule has 6 aliphatic carbocycles. The Morgan fingerprint density at radius 3 is 1.27 bits per heavy atom. The van der Waals surface area contributed by atoms with Gasteiger partial charge in [0.2, 0.25) is 0 Å². The van der Waals surface area contributed by atoms with Crippen molar-refractivity contribution in [1.29, 1.82) is 0 Å². The Kier molecular flexibility index (Phi) is 39.4. The SMILES string of the molecule is C=C[C@@H]1C=C(CC)[C@H]2OC(C)(C)O[C@@H]12.CCC1=C[C@@H](C(O)CN)[C@@H]2OC(C)(C)O[C@H]12.CCC1=C[C@@H](C(O)CNc2nccnc2Cl)[C@@H]2OC(C)(C)O[C@H]12.CCC1=C[C@@H](C2CO2)[C@@H]2OC(C)(C)O[C@H]12.CCC1=C[C@H](O)[C@@H]2OC(C)(C)O[C@H]12.CCC1=C[C@H](OC(=O)OC)[C@@H]2OC(C)(C)O[C@H]12.COC(=O)Cl.Clc1nccnc1Cl.[Br-].[CH-]=C.[Mg+2]. The largest absolute Gasteiger partial charge is 2.00 e. The first-order valence-electron chi connectivity index (χ1n) is 38.7. The number of aliphatic hydroxyl groups is 3. The molecular weight excluding hydrogens is 1650 g/mol. The van der Waals surface area contributed by atoms with E-state index in [-0.39, 0.29) is 147 Å². The summed E-state index contributed by atoms with van der Waals surface area (Å²) in [5.74, 6) is -2.21. The zero-order valence-corrected chi connectivity index (χ0v) is 76.0. The van der Waals surface area contributed by atoms with Gasteiger partial charge in [-0.15, -0.1) is 6.58 Å². The number of nitrogens with zero attached hydrogens (tertiary/aromatic N) is 4. The molecule has 0 amide bonds. The van der Waals surface area contributed by atoms with Gasteiger partial charge in [-0.3, -0.25) is 6.58 Å². The second-order valence-electron chi connectivity index (χ2n) is 31.2. The first-order valence-corrected chi connectivity index (χ1v) is 40.2. The van der Waals surface area contributed by atoms with E-state index in [0.717, 1.165) is 56.3 Å². The van der Waals surface area contributed by atoms with Crippen LogP contribution in [0.2, 0.25) is 15.5 Å². The molecule has 2 aromatic heterocycles. The number of ether oxygens (including phenoxy) is 16. The number of rotatable bonds is 15. The summed E-state index contributed by atoms with van der Waals surface area (Å²) >= 11 is 21.4. The Morgan fingerprint density at radius 2 is 0.870 bits per heavy atom. The van der Waals surface area contributed by atoms with E-state index >= 15 is 0 Å². The predicted molar refractivity (Wildman–Crippen MR) is 433 cm³/mol. The van der Waals surface area contributed by atoms with Crippen LogP contribution in [0.1, 0.15) is 163 Å². The second kappa shape index (κ2) is 44.4. The van der Waals surface area contributed by atoms with Crippen molar-refractivity contribution < 1.29 is 118 Å². The zero-order valence-electron chi connectivity index (χ0n) is 70.0. The minimum atomic E-state index is -0.773. The molecule has 2 aromatic rings. The first-order chi connectivity index (χ1) is 53.1. The number of nitrogens with one attached hydrogen (secondary N) is 1. The monoisotopic (exact) mass is 1770 g/mol. The van der Waals surface area contributed by atoms with Crippen molar-refractivity contribution in [3.05, 3.63) is 136 Å². The molecule has 27 nitrogen and oxygen atoms in total. The van der Waals surface area contributed by atoms with Crippen LogP contribution in [-0.2, 0) is 75.8 Å². The molecule has 0 radical (unpaired) electrons. The van der Waals surface area contributed by atoms with Gasteiger partial charge in [0, 0.05) is 73.1 Å². The number of halogens is 5. The van der Waals surface area contributed by atoms with Crippen LogP contribution >= 0.6 is 46.4 Å². The molecule has 7 aliphatic heterocycles. The third kappa shape index (κ3) is 27.2. The van der Waals surface area contributed by atoms with Gasteiger partial charge in [-0.05, 0) is 161 Å². The van der Waals surface area contributed by atoms with Gasteiger partial charge in [0.25, 0.3) is 0 Å². The molecule has 7 fully saturated rings. The van der Waals surface area contributed by atoms with E-state index in [0.29, 0.717) is 30.3 Å². The quantitative estimate of drug-likeness (QED) is 0.0276. The van der Waals surface area contributed by atoms with Crippen molar-refractivity contribution in [3.63, 3.8) is 0 Å². The molecule has 0 aromatic carbocycles. The minimum absolute atomic E-state index is 0. The summed E-state index contributed by atoms with van der Waals surface area (Å²) in [6.45, 7) is 47.9. The van der Waals surface area contributed by atoms with E-state index in [1.807, 2.05) is 108 Å². The topological polar surface area (TPSA) is 335 Å². The van der Waals surface area contributed by atoms with Crippen LogP contribution in [-0.4, -0.2) is 242 Å². The third-order valence-corrected chi connectivity index (χ3v) is 21.6. The summed E-state index contributed by atoms with van der Waals surface area (Å²) in [6, 6.07) is 0. The Balaban J connectivity index is 0.000000239. The summed E-state index contributed by atoms with van der Waals surface area (Å²) in [6.07, 6.45) is 23.4. The molecule has 21 atom stereocenters. The number of carbonyl (C=O) groups excluding carboxylic acids is 2. The number of nitrogens with two attached hydrogens (primary N) is 1. The minimum Gasteiger partial charge on any atom is -1.00 e. The fraction of sp³-hybridized carbons (Fsp3) is 0.683. The molecule has 0 bridgehead atoms. The molecule has 33 heteroatoms. The standard InChI is InChI=1S/C16H22ClN3O3.C12H21NO3.C12H18O5.C12H18O3.C12H18O2.C10H16O3.C4H2Cl2N2.C2H3ClO2.C2H3.BrH.Mg/c1-4-9-7-10(13-12(9)22-16(2,3)23-13)11(21)8-20-15-14(17)18-5-6-19-15;1-4-7-5-8(9(14)6-13)11-10(7)15-12(2,3)16-11;1-5-7-6-8(15-11(13)14-4)10-9(7)16-12(2,3)17-10;1-4-7-5-8(9-6-13-9)11-10(7)14-12(2,3)15-11;1-5-8-7-9(6-2)11-10(8)13-12(3,4)14-11;1-4-6-5-7(11)9-8(6)12-10(2,3)13-9;5-3-4(6)8-2-1-7-3;1-5-2(3)4;1-2;;/h5-7,10-13,21H,4,8H2,1-3H3,(H,19,20);5,8-11,14H,4,6,13H2,1-3H3;6,8-10H,5H2,1-4H3;5,8-11H,4,6H2,1-3H3;5,7-8,10-11H,1,6H2,2-4H3;5,7-9,11H,4H2,1-3H3;1-2H;1H3;1H,2H2;1H;/q;;;;;;;;-1;;+2/p-1/t10-,11?,12+,13-;8-,9?,10+,11-;8-,9+,10-;8-,9?,10+,11-;8-,10+,11-;7-,8+,9-;;;;;/m000010...../s1. The van der Waals surface area contributed by atoms with E-state index in [9.17, 15) is 24.9 Å². The Bertz CT molecular complexity index is 3680. The van der Waals surface area contributed by atoms with Crippen LogP contribution in [0.3, 0.4) is 0 Å². The molecule has 0 saturated carbocycles. The smallest absolute Gasteiger partial charge is 1.00 e. The Labute approximate surface area is 725 Å². The molecule has 7 saturated heterocycles. The molecule has 0 spiro atoms. The maximum Gasteiger partial charge on any atom is 2.00 e. The molecule has 9 heterocycles. The normalized spacial score (nSPS) is 32.9. The summed E-state index contributed by atoms with van der Waals surface area (Å²) in [5.41, 5.74) is 12.1. The van der Waals surface area contributed by atoms with E-state index < -0.39 is 70.7 Å². The summed E-state index contributed by atoms with van der Waals surface area (Å²) in [7, 11) is 2.50. The number of hydrogen-bond donors (Lipinski definition) is 5. The number of anilines is 1. The summed E-state index contributed by atoms with van der Waals surface area (Å²) < 4.78 is 89.1. The average molecular weight is 1770 g/mol. The van der Waals surface area contributed by atoms with E-state index in [4.69, 9.17) is 107 Å². The van der Waals surface area contributed by atoms with Gasteiger partial charge < -0.3 is 126 Å². The van der Waals surface area contributed by atoms with Crippen molar-refractivity contribution in [3.8, 4) is 0 Å². The number of aromatic nitrogens is 4. The van der Waals surface area contributed by atoms with Gasteiger partial charge in [0.1, 0.15) is 61.0 Å². The molecule has 642 valence electrons. The maximum atomic E-state index is 11.1. The molecule has 3 unspecified atom stereocenters. The van der Waals surface area contributed by atoms with E-state index in [1.165, 1.54) is 55.1 Å². The number of fused-ring (bicyclic) bond motifs is 6. The number of carbonyl (C=O) groups is 2. The van der Waals surface area contributed by atoms with Gasteiger partial charge >= 0.3 is 34.6 Å². The molecule has 15 rings (SSSR count). The first kappa shape index (κ1) is 102. The summed E-state index contributed by atoms with van der Waals surface area (Å²) in [5, 5.41) is 34.0. The van der Waals surface area contributed by atoms with Crippen LogP contribution in [0.4, 0.5) is 15.4 Å². The van der Waals surface area contributed by atoms with Crippen molar-refractivity contribution in [1.82, 2.24) is 19.9 Å². The van der Waals surface area contributed by atoms with Crippen LogP contribution < -0.4 is 28.0 Å². The molecular formula is C82H121BrCl4MgN6O21. The van der Waals surface area contributed by atoms with Crippen molar-refractivity contribution in [2.24, 2.45) is 29.4 Å². The second-order valence-corrected chi connectivity index (χ2v) is 32.5. The van der Waals surface area contributed by atoms with E-state index in [1.54, 1.807) is 6.20 Å². The van der Waals surface area contributed by atoms with E-state index in [2.05, 4.69) is 125 Å². The van der Waals surface area contributed by atoms with Gasteiger partial charge in [-0.25, -0.2) is 29.5 Å². The van der Waals surface area contributed by atoms with Gasteiger partial charge in [-0.2, -0.15) is 0 Å². The average Bonchev–Trinajstić information content (AvgIpc) is 1.60. The number of epoxide rings is 1.